The fraction of sp³-hybridized carbons (Fsp3) is 0.0714. The summed E-state index contributed by atoms with van der Waals surface area (Å²) in [7, 11) is 0. The van der Waals surface area contributed by atoms with Crippen molar-refractivity contribution < 1.29 is 27.9 Å². The fourth-order valence-electron chi connectivity index (χ4n) is 1.90. The summed E-state index contributed by atoms with van der Waals surface area (Å²) in [6.45, 7) is 0.913. The molecule has 3 aromatic rings. The molecule has 0 aliphatic rings. The van der Waals surface area contributed by atoms with Crippen LogP contribution in [0.15, 0.2) is 53.9 Å². The van der Waals surface area contributed by atoms with Gasteiger partial charge in [-0.2, -0.15) is 0 Å². The highest BCUT2D eigenvalue weighted by molar-refractivity contribution is 7.00. The van der Waals surface area contributed by atoms with Crippen molar-refractivity contribution in [2.75, 3.05) is 0 Å². The molecule has 0 saturated carbocycles. The van der Waals surface area contributed by atoms with Gasteiger partial charge in [0.2, 0.25) is 5.52 Å². The molecule has 0 aliphatic carbocycles. The summed E-state index contributed by atoms with van der Waals surface area (Å²) in [4.78, 5) is 0. The predicted molar refractivity (Wildman–Crippen MR) is 72.6 cm³/mol. The Hall–Kier alpha value is -0.650. The highest BCUT2D eigenvalue weighted by atomic mass is 127. The molecular formula is C14H11ClINS. The minimum Gasteiger partial charge on any atom is -1.00 e. The molecule has 0 radical (unpaired) electrons. The van der Waals surface area contributed by atoms with E-state index in [9.17, 15) is 0 Å². The minimum absolute atomic E-state index is 0. The van der Waals surface area contributed by atoms with E-state index in [0.717, 1.165) is 11.6 Å². The van der Waals surface area contributed by atoms with Crippen molar-refractivity contribution >= 4 is 34.0 Å². The van der Waals surface area contributed by atoms with Crippen molar-refractivity contribution in [3.63, 3.8) is 0 Å². The van der Waals surface area contributed by atoms with Gasteiger partial charge in [-0.05, 0) is 12.1 Å². The van der Waals surface area contributed by atoms with E-state index < -0.39 is 0 Å². The normalized spacial score (nSPS) is 10.3. The number of nitrogens with zero attached hydrogens (tertiary/aromatic N) is 1. The van der Waals surface area contributed by atoms with E-state index in [4.69, 9.17) is 11.6 Å². The van der Waals surface area contributed by atoms with Crippen molar-refractivity contribution in [1.82, 2.24) is 0 Å². The van der Waals surface area contributed by atoms with E-state index in [-0.39, 0.29) is 24.0 Å². The van der Waals surface area contributed by atoms with Gasteiger partial charge >= 0.3 is 0 Å². The largest absolute Gasteiger partial charge is 1.00 e. The summed E-state index contributed by atoms with van der Waals surface area (Å²) in [5, 5.41) is 4.14. The van der Waals surface area contributed by atoms with Crippen LogP contribution in [0.5, 0.6) is 0 Å². The topological polar surface area (TPSA) is 3.88 Å². The Bertz CT molecular complexity index is 651. The van der Waals surface area contributed by atoms with Crippen LogP contribution in [-0.4, -0.2) is 0 Å². The lowest BCUT2D eigenvalue weighted by Gasteiger charge is -1.94. The Morgan fingerprint density at radius 2 is 1.83 bits per heavy atom. The molecule has 2 aromatic carbocycles. The van der Waals surface area contributed by atoms with Crippen molar-refractivity contribution in [3.8, 4) is 0 Å². The lowest BCUT2D eigenvalue weighted by atomic mass is 10.2. The van der Waals surface area contributed by atoms with E-state index in [0.29, 0.717) is 0 Å². The Labute approximate surface area is 132 Å². The molecule has 1 aromatic heterocycles. The summed E-state index contributed by atoms with van der Waals surface area (Å²) in [6.07, 6.45) is 0. The average Bonchev–Trinajstić information content (AvgIpc) is 2.73. The molecule has 3 rings (SSSR count). The second kappa shape index (κ2) is 5.99. The molecule has 0 amide bonds. The maximum absolute atomic E-state index is 5.98. The second-order valence-corrected chi connectivity index (χ2v) is 5.27. The monoisotopic (exact) mass is 387 g/mol. The van der Waals surface area contributed by atoms with Gasteiger partial charge in [-0.3, -0.25) is 0 Å². The summed E-state index contributed by atoms with van der Waals surface area (Å²) in [6, 6.07) is 16.5. The van der Waals surface area contributed by atoms with Gasteiger partial charge in [0.15, 0.2) is 6.54 Å². The number of hydrogen-bond donors (Lipinski definition) is 0. The summed E-state index contributed by atoms with van der Waals surface area (Å²) in [5.74, 6) is 0. The number of rotatable bonds is 2. The molecule has 0 unspecified atom stereocenters. The van der Waals surface area contributed by atoms with Crippen molar-refractivity contribution in [2.45, 2.75) is 6.54 Å². The van der Waals surface area contributed by atoms with Crippen molar-refractivity contribution in [2.24, 2.45) is 0 Å². The smallest absolute Gasteiger partial charge is 0.227 e. The maximum atomic E-state index is 5.98. The van der Waals surface area contributed by atoms with Crippen LogP contribution < -0.4 is 27.9 Å². The molecule has 0 saturated heterocycles. The first-order valence-electron chi connectivity index (χ1n) is 5.44. The lowest BCUT2D eigenvalue weighted by molar-refractivity contribution is -0.592. The molecule has 92 valence electrons. The van der Waals surface area contributed by atoms with Crippen LogP contribution in [0.3, 0.4) is 0 Å². The van der Waals surface area contributed by atoms with Gasteiger partial charge in [0.05, 0.1) is 10.8 Å². The average molecular weight is 388 g/mol. The molecular weight excluding hydrogens is 377 g/mol. The molecule has 0 N–H and O–H groups in total. The highest BCUT2D eigenvalue weighted by Gasteiger charge is 2.12. The summed E-state index contributed by atoms with van der Waals surface area (Å²) in [5.41, 5.74) is 2.56. The Morgan fingerprint density at radius 1 is 1.06 bits per heavy atom. The Morgan fingerprint density at radius 3 is 2.61 bits per heavy atom. The third-order valence-electron chi connectivity index (χ3n) is 2.73. The van der Waals surface area contributed by atoms with Gasteiger partial charge in [0.25, 0.3) is 0 Å². The van der Waals surface area contributed by atoms with Crippen molar-refractivity contribution in [1.29, 1.82) is 0 Å². The molecule has 1 nitrogen and oxygen atoms in total. The van der Waals surface area contributed by atoms with Crippen LogP contribution in [0.4, 0.5) is 0 Å². The number of aromatic nitrogens is 1. The van der Waals surface area contributed by atoms with Gasteiger partial charge in [-0.25, -0.2) is 0 Å². The number of halogens is 2. The quantitative estimate of drug-likeness (QED) is 0.454. The highest BCUT2D eigenvalue weighted by Crippen LogP contribution is 2.19. The van der Waals surface area contributed by atoms with Crippen LogP contribution in [0.1, 0.15) is 5.56 Å². The zero-order valence-corrected chi connectivity index (χ0v) is 13.2. The first kappa shape index (κ1) is 13.8. The zero-order valence-electron chi connectivity index (χ0n) is 9.51. The van der Waals surface area contributed by atoms with Crippen LogP contribution in [0.25, 0.3) is 10.9 Å². The fourth-order valence-corrected chi connectivity index (χ4v) is 3.01. The van der Waals surface area contributed by atoms with Gasteiger partial charge in [0.1, 0.15) is 11.5 Å². The predicted octanol–water partition coefficient (Wildman–Crippen LogP) is 0.895. The van der Waals surface area contributed by atoms with Gasteiger partial charge in [0, 0.05) is 16.7 Å². The SMILES string of the molecule is Clc1ccc2c(cs[n+]2Cc2ccccc2)c1.[I-]. The zero-order chi connectivity index (χ0) is 11.7. The van der Waals surface area contributed by atoms with Gasteiger partial charge in [-0.15, -0.1) is 3.96 Å². The molecule has 1 heterocycles. The van der Waals surface area contributed by atoms with E-state index in [2.05, 4.69) is 39.7 Å². The summed E-state index contributed by atoms with van der Waals surface area (Å²) >= 11 is 7.71. The molecule has 0 atom stereocenters. The summed E-state index contributed by atoms with van der Waals surface area (Å²) < 4.78 is 2.28. The molecule has 18 heavy (non-hydrogen) atoms. The Kier molecular flexibility index (Phi) is 4.59. The van der Waals surface area contributed by atoms with Crippen LogP contribution in [0, 0.1) is 0 Å². The van der Waals surface area contributed by atoms with E-state index in [1.54, 1.807) is 11.5 Å². The number of fused-ring (bicyclic) bond motifs is 1. The van der Waals surface area contributed by atoms with E-state index in [1.165, 1.54) is 16.5 Å². The maximum Gasteiger partial charge on any atom is 0.227 e. The first-order chi connectivity index (χ1) is 8.33. The lowest BCUT2D eigenvalue weighted by Crippen LogP contribution is -3.00. The van der Waals surface area contributed by atoms with E-state index in [1.807, 2.05) is 18.2 Å². The third-order valence-corrected chi connectivity index (χ3v) is 3.91. The van der Waals surface area contributed by atoms with Gasteiger partial charge in [-0.1, -0.05) is 41.9 Å². The van der Waals surface area contributed by atoms with E-state index >= 15 is 0 Å². The van der Waals surface area contributed by atoms with Crippen LogP contribution in [0.2, 0.25) is 5.02 Å². The molecule has 0 bridgehead atoms. The number of hydrogen-bond acceptors (Lipinski definition) is 1. The number of benzene rings is 2. The van der Waals surface area contributed by atoms with Crippen LogP contribution in [-0.2, 0) is 6.54 Å². The standard InChI is InChI=1S/C14H11ClNS.HI/c15-13-6-7-14-12(8-13)10-17-16(14)9-11-4-2-1-3-5-11;/h1-8,10H,9H2;1H/q+1;/p-1. The Balaban J connectivity index is 0.00000120. The molecule has 4 heteroatoms. The van der Waals surface area contributed by atoms with Crippen LogP contribution >= 0.6 is 23.1 Å². The molecule has 0 spiro atoms. The molecule has 0 aliphatic heterocycles. The second-order valence-electron chi connectivity index (χ2n) is 3.95. The third kappa shape index (κ3) is 2.84. The van der Waals surface area contributed by atoms with Crippen molar-refractivity contribution in [3.05, 3.63) is 64.5 Å². The first-order valence-corrected chi connectivity index (χ1v) is 6.65. The molecule has 0 fully saturated rings. The van der Waals surface area contributed by atoms with Gasteiger partial charge < -0.3 is 24.0 Å². The minimum atomic E-state index is 0.